The number of nitrogens with zero attached hydrogens (tertiary/aromatic N) is 4. The van der Waals surface area contributed by atoms with Crippen molar-refractivity contribution in [2.24, 2.45) is 0 Å². The van der Waals surface area contributed by atoms with Gasteiger partial charge in [-0.05, 0) is 24.7 Å². The Morgan fingerprint density at radius 3 is 3.31 bits per heavy atom. The highest BCUT2D eigenvalue weighted by atomic mass is 32.2. The Hall–Kier alpha value is -1.10. The molecule has 0 saturated carbocycles. The second-order valence-electron chi connectivity index (χ2n) is 4.12. The summed E-state index contributed by atoms with van der Waals surface area (Å²) in [6.07, 6.45) is 7.59. The van der Waals surface area contributed by atoms with E-state index in [2.05, 4.69) is 27.1 Å². The molecule has 1 aliphatic heterocycles. The molecule has 0 bridgehead atoms. The van der Waals surface area contributed by atoms with Gasteiger partial charge in [0, 0.05) is 11.4 Å². The van der Waals surface area contributed by atoms with Crippen LogP contribution in [-0.4, -0.2) is 31.0 Å². The predicted octanol–water partition coefficient (Wildman–Crippen LogP) is 2.11. The van der Waals surface area contributed by atoms with Gasteiger partial charge in [0.15, 0.2) is 0 Å². The molecule has 1 fully saturated rings. The first kappa shape index (κ1) is 10.1. The minimum absolute atomic E-state index is 0.701. The monoisotopic (exact) mass is 234 g/mol. The van der Waals surface area contributed by atoms with Gasteiger partial charge in [-0.2, -0.15) is 11.8 Å². The molecule has 0 aliphatic carbocycles. The van der Waals surface area contributed by atoms with Crippen molar-refractivity contribution in [3.63, 3.8) is 0 Å². The molecule has 5 heteroatoms. The molecule has 2 aromatic heterocycles. The van der Waals surface area contributed by atoms with E-state index in [-0.39, 0.29) is 0 Å². The molecule has 1 unspecified atom stereocenters. The lowest BCUT2D eigenvalue weighted by molar-refractivity contribution is 0.542. The van der Waals surface area contributed by atoms with Gasteiger partial charge in [-0.15, -0.1) is 5.10 Å². The summed E-state index contributed by atoms with van der Waals surface area (Å²) in [4.78, 5) is 4.05. The Morgan fingerprint density at radius 2 is 2.44 bits per heavy atom. The summed E-state index contributed by atoms with van der Waals surface area (Å²) >= 11 is 2.07. The topological polar surface area (TPSA) is 43.6 Å². The molecule has 3 rings (SSSR count). The fraction of sp³-hybridized carbons (Fsp3) is 0.545. The zero-order valence-corrected chi connectivity index (χ0v) is 9.86. The lowest BCUT2D eigenvalue weighted by Gasteiger charge is -2.20. The van der Waals surface area contributed by atoms with Gasteiger partial charge >= 0.3 is 0 Å². The summed E-state index contributed by atoms with van der Waals surface area (Å²) in [6.45, 7) is 0.977. The molecule has 0 aromatic carbocycles. The third kappa shape index (κ3) is 1.91. The summed E-state index contributed by atoms with van der Waals surface area (Å²) in [5.41, 5.74) is 1.99. The maximum Gasteiger partial charge on any atom is 0.131 e. The van der Waals surface area contributed by atoms with Crippen LogP contribution in [0.1, 0.15) is 19.3 Å². The third-order valence-corrected chi connectivity index (χ3v) is 4.35. The van der Waals surface area contributed by atoms with Crippen LogP contribution in [0.3, 0.4) is 0 Å². The van der Waals surface area contributed by atoms with E-state index in [9.17, 15) is 0 Å². The van der Waals surface area contributed by atoms with E-state index in [0.29, 0.717) is 5.25 Å². The molecule has 4 nitrogen and oxygen atoms in total. The first-order chi connectivity index (χ1) is 7.93. The van der Waals surface area contributed by atoms with Gasteiger partial charge in [-0.25, -0.2) is 4.68 Å². The Balaban J connectivity index is 1.83. The van der Waals surface area contributed by atoms with Gasteiger partial charge in [-0.3, -0.25) is 4.98 Å². The quantitative estimate of drug-likeness (QED) is 0.798. The summed E-state index contributed by atoms with van der Waals surface area (Å²) in [6, 6.07) is 1.99. The largest absolute Gasteiger partial charge is 0.262 e. The lowest BCUT2D eigenvalue weighted by atomic mass is 10.2. The molecule has 0 N–H and O–H groups in total. The van der Waals surface area contributed by atoms with Crippen LogP contribution in [0.2, 0.25) is 0 Å². The molecule has 1 atom stereocenters. The second-order valence-corrected chi connectivity index (χ2v) is 5.53. The minimum atomic E-state index is 0.701. The number of thioether (sulfide) groups is 1. The summed E-state index contributed by atoms with van der Waals surface area (Å²) < 4.78 is 2.01. The average Bonchev–Trinajstić information content (AvgIpc) is 2.74. The van der Waals surface area contributed by atoms with Crippen molar-refractivity contribution in [3.05, 3.63) is 18.5 Å². The van der Waals surface area contributed by atoms with Gasteiger partial charge in [0.1, 0.15) is 5.52 Å². The fourth-order valence-electron chi connectivity index (χ4n) is 2.10. The predicted molar refractivity (Wildman–Crippen MR) is 65.4 cm³/mol. The molecule has 2 aromatic rings. The van der Waals surface area contributed by atoms with E-state index in [4.69, 9.17) is 0 Å². The Labute approximate surface area is 98.4 Å². The molecule has 0 radical (unpaired) electrons. The normalized spacial score (nSPS) is 21.4. The van der Waals surface area contributed by atoms with Gasteiger partial charge in [0.05, 0.1) is 18.3 Å². The number of pyridine rings is 1. The molecule has 0 spiro atoms. The molecular weight excluding hydrogens is 220 g/mol. The third-order valence-electron chi connectivity index (χ3n) is 2.97. The van der Waals surface area contributed by atoms with E-state index in [0.717, 1.165) is 17.6 Å². The maximum absolute atomic E-state index is 4.20. The zero-order valence-electron chi connectivity index (χ0n) is 9.04. The lowest BCUT2D eigenvalue weighted by Crippen LogP contribution is -2.17. The van der Waals surface area contributed by atoms with Gasteiger partial charge in [-0.1, -0.05) is 11.6 Å². The van der Waals surface area contributed by atoms with Crippen LogP contribution >= 0.6 is 11.8 Å². The SMILES string of the molecule is c1cc2c(cn1)nnn2CC1CCCCS1. The Morgan fingerprint density at radius 1 is 1.44 bits per heavy atom. The van der Waals surface area contributed by atoms with E-state index in [1.807, 2.05) is 10.7 Å². The number of rotatable bonds is 2. The van der Waals surface area contributed by atoms with E-state index in [1.54, 1.807) is 12.4 Å². The Kier molecular flexibility index (Phi) is 2.78. The van der Waals surface area contributed by atoms with Gasteiger partial charge in [0.25, 0.3) is 0 Å². The first-order valence-corrected chi connectivity index (χ1v) is 6.73. The van der Waals surface area contributed by atoms with Crippen LogP contribution in [0.25, 0.3) is 11.0 Å². The van der Waals surface area contributed by atoms with E-state index < -0.39 is 0 Å². The van der Waals surface area contributed by atoms with Crippen molar-refractivity contribution in [1.29, 1.82) is 0 Å². The first-order valence-electron chi connectivity index (χ1n) is 5.68. The second kappa shape index (κ2) is 4.41. The average molecular weight is 234 g/mol. The van der Waals surface area contributed by atoms with Gasteiger partial charge in [0.2, 0.25) is 0 Å². The molecule has 0 amide bonds. The standard InChI is InChI=1S/C11H14N4S/c1-2-6-16-9(3-1)8-15-11-4-5-12-7-10(11)13-14-15/h4-5,7,9H,1-3,6,8H2. The summed E-state index contributed by atoms with van der Waals surface area (Å²) in [7, 11) is 0. The van der Waals surface area contributed by atoms with Crippen LogP contribution in [0, 0.1) is 0 Å². The molecule has 1 saturated heterocycles. The maximum atomic E-state index is 4.20. The minimum Gasteiger partial charge on any atom is -0.262 e. The van der Waals surface area contributed by atoms with Crippen LogP contribution in [0.5, 0.6) is 0 Å². The fourth-order valence-corrected chi connectivity index (χ4v) is 3.39. The molecule has 3 heterocycles. The van der Waals surface area contributed by atoms with Crippen molar-refractivity contribution in [2.75, 3.05) is 5.75 Å². The van der Waals surface area contributed by atoms with Crippen LogP contribution < -0.4 is 0 Å². The Bertz CT molecular complexity index is 476. The van der Waals surface area contributed by atoms with E-state index in [1.165, 1.54) is 25.0 Å². The summed E-state index contributed by atoms with van der Waals surface area (Å²) in [5, 5.41) is 9.03. The van der Waals surface area contributed by atoms with Crippen molar-refractivity contribution >= 4 is 22.8 Å². The smallest absolute Gasteiger partial charge is 0.131 e. The number of fused-ring (bicyclic) bond motifs is 1. The highest BCUT2D eigenvalue weighted by molar-refractivity contribution is 7.99. The molecule has 1 aliphatic rings. The molecule has 16 heavy (non-hydrogen) atoms. The summed E-state index contributed by atoms with van der Waals surface area (Å²) in [5.74, 6) is 1.29. The molecule has 84 valence electrons. The number of hydrogen-bond donors (Lipinski definition) is 0. The van der Waals surface area contributed by atoms with Crippen LogP contribution in [-0.2, 0) is 6.54 Å². The highest BCUT2D eigenvalue weighted by Gasteiger charge is 2.16. The number of aromatic nitrogens is 4. The van der Waals surface area contributed by atoms with E-state index >= 15 is 0 Å². The molecular formula is C11H14N4S. The van der Waals surface area contributed by atoms with Crippen molar-refractivity contribution in [2.45, 2.75) is 31.1 Å². The van der Waals surface area contributed by atoms with Crippen LogP contribution in [0.4, 0.5) is 0 Å². The zero-order chi connectivity index (χ0) is 10.8. The highest BCUT2D eigenvalue weighted by Crippen LogP contribution is 2.26. The van der Waals surface area contributed by atoms with Crippen LogP contribution in [0.15, 0.2) is 18.5 Å². The van der Waals surface area contributed by atoms with Crippen molar-refractivity contribution < 1.29 is 0 Å². The van der Waals surface area contributed by atoms with Gasteiger partial charge < -0.3 is 0 Å². The number of hydrogen-bond acceptors (Lipinski definition) is 4. The van der Waals surface area contributed by atoms with Crippen molar-refractivity contribution in [3.8, 4) is 0 Å². The van der Waals surface area contributed by atoms with Crippen molar-refractivity contribution in [1.82, 2.24) is 20.0 Å².